The van der Waals surface area contributed by atoms with Gasteiger partial charge in [-0.25, -0.2) is 4.39 Å². The lowest BCUT2D eigenvalue weighted by atomic mass is 10.0. The summed E-state index contributed by atoms with van der Waals surface area (Å²) in [5, 5.41) is 0.265. The summed E-state index contributed by atoms with van der Waals surface area (Å²) in [7, 11) is 0. The Morgan fingerprint density at radius 2 is 1.88 bits per heavy atom. The van der Waals surface area contributed by atoms with E-state index in [0.717, 1.165) is 34.5 Å². The fourth-order valence-corrected chi connectivity index (χ4v) is 3.92. The van der Waals surface area contributed by atoms with E-state index in [2.05, 4.69) is 4.98 Å². The topological polar surface area (TPSA) is 34.9 Å². The first-order valence-corrected chi connectivity index (χ1v) is 8.93. The lowest BCUT2D eigenvalue weighted by molar-refractivity contribution is 0.627. The molecule has 0 unspecified atom stereocenters. The number of aryl methyl sites for hydroxylation is 2. The average molecular weight is 369 g/mol. The van der Waals surface area contributed by atoms with E-state index in [0.29, 0.717) is 0 Å². The van der Waals surface area contributed by atoms with Gasteiger partial charge in [-0.2, -0.15) is 0 Å². The number of benzene rings is 1. The van der Waals surface area contributed by atoms with Crippen molar-refractivity contribution < 1.29 is 4.39 Å². The average Bonchev–Trinajstić information content (AvgIpc) is 3.41. The zero-order valence-corrected chi connectivity index (χ0v) is 15.3. The zero-order valence-electron chi connectivity index (χ0n) is 14.5. The van der Waals surface area contributed by atoms with E-state index < -0.39 is 0 Å². The van der Waals surface area contributed by atoms with Gasteiger partial charge in [0.25, 0.3) is 5.56 Å². The normalized spacial score (nSPS) is 18.8. The molecule has 0 aliphatic heterocycles. The van der Waals surface area contributed by atoms with Crippen LogP contribution in [0.25, 0.3) is 5.69 Å². The van der Waals surface area contributed by atoms with Gasteiger partial charge in [0.1, 0.15) is 10.8 Å². The summed E-state index contributed by atoms with van der Waals surface area (Å²) in [6, 6.07) is 10.4. The quantitative estimate of drug-likeness (QED) is 0.658. The van der Waals surface area contributed by atoms with Gasteiger partial charge >= 0.3 is 0 Å². The Morgan fingerprint density at radius 1 is 1.15 bits per heavy atom. The number of aromatic nitrogens is 2. The highest BCUT2D eigenvalue weighted by Crippen LogP contribution is 2.55. The van der Waals surface area contributed by atoms with E-state index in [1.807, 2.05) is 38.1 Å². The summed E-state index contributed by atoms with van der Waals surface area (Å²) in [5.41, 5.74) is 4.30. The van der Waals surface area contributed by atoms with Crippen molar-refractivity contribution in [2.75, 3.05) is 0 Å². The van der Waals surface area contributed by atoms with Crippen LogP contribution in [0, 0.1) is 19.7 Å². The SMILES string of the molecule is Cc1cnccc1-n1c(C)cc([C@H]2C[C@@H]2c2ccc(F)cc2)c(Cl)c1=O. The fourth-order valence-electron chi connectivity index (χ4n) is 3.64. The molecule has 0 N–H and O–H groups in total. The summed E-state index contributed by atoms with van der Waals surface area (Å²) in [4.78, 5) is 17.0. The first-order chi connectivity index (χ1) is 12.5. The van der Waals surface area contributed by atoms with Gasteiger partial charge in [0.15, 0.2) is 0 Å². The molecule has 1 aliphatic rings. The number of rotatable bonds is 3. The highest BCUT2D eigenvalue weighted by Gasteiger charge is 2.41. The van der Waals surface area contributed by atoms with Crippen LogP contribution >= 0.6 is 11.6 Å². The fraction of sp³-hybridized carbons (Fsp3) is 0.238. The van der Waals surface area contributed by atoms with E-state index >= 15 is 0 Å². The highest BCUT2D eigenvalue weighted by atomic mass is 35.5. The van der Waals surface area contributed by atoms with E-state index in [1.165, 1.54) is 12.1 Å². The van der Waals surface area contributed by atoms with E-state index in [9.17, 15) is 9.18 Å². The number of pyridine rings is 2. The van der Waals surface area contributed by atoms with Crippen molar-refractivity contribution in [3.05, 3.63) is 92.4 Å². The molecule has 132 valence electrons. The largest absolute Gasteiger partial charge is 0.280 e. The van der Waals surface area contributed by atoms with Gasteiger partial charge in [-0.3, -0.25) is 14.3 Å². The molecule has 0 bridgehead atoms. The van der Waals surface area contributed by atoms with Crippen LogP contribution in [0.2, 0.25) is 5.02 Å². The van der Waals surface area contributed by atoms with Crippen molar-refractivity contribution in [2.45, 2.75) is 32.1 Å². The summed E-state index contributed by atoms with van der Waals surface area (Å²) in [5.74, 6) is 0.244. The molecule has 1 aliphatic carbocycles. The Balaban J connectivity index is 1.73. The third kappa shape index (κ3) is 2.84. The van der Waals surface area contributed by atoms with E-state index in [1.54, 1.807) is 17.0 Å². The molecule has 5 heteroatoms. The molecule has 2 aromatic heterocycles. The van der Waals surface area contributed by atoms with Gasteiger partial charge < -0.3 is 0 Å². The first-order valence-electron chi connectivity index (χ1n) is 8.56. The molecular weight excluding hydrogens is 351 g/mol. The van der Waals surface area contributed by atoms with Crippen molar-refractivity contribution in [2.24, 2.45) is 0 Å². The second-order valence-corrected chi connectivity index (χ2v) is 7.24. The molecule has 3 aromatic rings. The maximum Gasteiger partial charge on any atom is 0.274 e. The second-order valence-electron chi connectivity index (χ2n) is 6.86. The van der Waals surface area contributed by atoms with Crippen LogP contribution in [0.4, 0.5) is 4.39 Å². The monoisotopic (exact) mass is 368 g/mol. The maximum atomic E-state index is 13.1. The van der Waals surface area contributed by atoms with Crippen molar-refractivity contribution in [3.8, 4) is 5.69 Å². The van der Waals surface area contributed by atoms with Crippen LogP contribution in [-0.2, 0) is 0 Å². The maximum absolute atomic E-state index is 13.1. The highest BCUT2D eigenvalue weighted by molar-refractivity contribution is 6.31. The summed E-state index contributed by atoms with van der Waals surface area (Å²) >= 11 is 6.48. The molecule has 0 radical (unpaired) electrons. The summed E-state index contributed by atoms with van der Waals surface area (Å²) in [6.07, 6.45) is 4.32. The molecule has 1 saturated carbocycles. The van der Waals surface area contributed by atoms with E-state index in [4.69, 9.17) is 11.6 Å². The van der Waals surface area contributed by atoms with Crippen LogP contribution in [0.1, 0.15) is 40.6 Å². The van der Waals surface area contributed by atoms with E-state index in [-0.39, 0.29) is 28.2 Å². The predicted octanol–water partition coefficient (Wildman–Crippen LogP) is 4.91. The van der Waals surface area contributed by atoms with Crippen LogP contribution in [0.15, 0.2) is 53.6 Å². The number of hydrogen-bond acceptors (Lipinski definition) is 2. The molecule has 0 amide bonds. The van der Waals surface area contributed by atoms with Gasteiger partial charge in [-0.1, -0.05) is 23.7 Å². The third-order valence-electron chi connectivity index (χ3n) is 5.08. The molecular formula is C21H18ClFN2O. The smallest absolute Gasteiger partial charge is 0.274 e. The predicted molar refractivity (Wildman–Crippen MR) is 101 cm³/mol. The number of nitrogens with zero attached hydrogens (tertiary/aromatic N) is 2. The molecule has 1 aromatic carbocycles. The van der Waals surface area contributed by atoms with Crippen molar-refractivity contribution in [3.63, 3.8) is 0 Å². The van der Waals surface area contributed by atoms with Crippen molar-refractivity contribution >= 4 is 11.6 Å². The van der Waals surface area contributed by atoms with Crippen LogP contribution in [0.3, 0.4) is 0 Å². The Hall–Kier alpha value is -2.46. The molecule has 26 heavy (non-hydrogen) atoms. The zero-order chi connectivity index (χ0) is 18.4. The number of hydrogen-bond donors (Lipinski definition) is 0. The Morgan fingerprint density at radius 3 is 2.58 bits per heavy atom. The summed E-state index contributed by atoms with van der Waals surface area (Å²) in [6.45, 7) is 3.83. The molecule has 0 spiro atoms. The Bertz CT molecular complexity index is 1040. The van der Waals surface area contributed by atoms with Crippen molar-refractivity contribution in [1.29, 1.82) is 0 Å². The molecule has 4 rings (SSSR count). The van der Waals surface area contributed by atoms with Gasteiger partial charge in [0, 0.05) is 18.1 Å². The minimum Gasteiger partial charge on any atom is -0.280 e. The van der Waals surface area contributed by atoms with Gasteiger partial charge in [-0.15, -0.1) is 0 Å². The lowest BCUT2D eigenvalue weighted by Gasteiger charge is -2.15. The molecule has 1 fully saturated rings. The molecule has 0 saturated heterocycles. The third-order valence-corrected chi connectivity index (χ3v) is 5.46. The minimum absolute atomic E-state index is 0.201. The minimum atomic E-state index is -0.241. The van der Waals surface area contributed by atoms with Crippen LogP contribution in [0.5, 0.6) is 0 Å². The number of halogens is 2. The van der Waals surface area contributed by atoms with Crippen LogP contribution < -0.4 is 5.56 Å². The Labute approximate surface area is 156 Å². The second kappa shape index (κ2) is 6.36. The van der Waals surface area contributed by atoms with Gasteiger partial charge in [-0.05, 0) is 73.1 Å². The van der Waals surface area contributed by atoms with Gasteiger partial charge in [0.05, 0.1) is 5.69 Å². The molecule has 2 heterocycles. The molecule has 3 nitrogen and oxygen atoms in total. The standard InChI is InChI=1S/C21H18ClFN2O/c1-12-11-24-8-7-19(12)25-13(2)9-18(20(22)21(25)26)17-10-16(17)14-3-5-15(23)6-4-14/h3-9,11,16-17H,10H2,1-2H3/t16-,17+/m1/s1. The first kappa shape index (κ1) is 17.0. The van der Waals surface area contributed by atoms with Crippen molar-refractivity contribution in [1.82, 2.24) is 9.55 Å². The lowest BCUT2D eigenvalue weighted by Crippen LogP contribution is -2.23. The molecule has 2 atom stereocenters. The Kier molecular flexibility index (Phi) is 4.16. The van der Waals surface area contributed by atoms with Gasteiger partial charge in [0.2, 0.25) is 0 Å². The summed E-state index contributed by atoms with van der Waals surface area (Å²) < 4.78 is 14.8. The van der Waals surface area contributed by atoms with Crippen LogP contribution in [-0.4, -0.2) is 9.55 Å².